The van der Waals surface area contributed by atoms with Gasteiger partial charge < -0.3 is 10.6 Å². The summed E-state index contributed by atoms with van der Waals surface area (Å²) in [5, 5.41) is 6.74. The number of anilines is 1. The maximum absolute atomic E-state index is 12.1. The van der Waals surface area contributed by atoms with Gasteiger partial charge in [-0.15, -0.1) is 0 Å². The predicted molar refractivity (Wildman–Crippen MR) is 116 cm³/mol. The van der Waals surface area contributed by atoms with Gasteiger partial charge in [0.2, 0.25) is 0 Å². The quantitative estimate of drug-likeness (QED) is 0.387. The van der Waals surface area contributed by atoms with E-state index in [1.807, 2.05) is 13.1 Å². The zero-order chi connectivity index (χ0) is 20.5. The van der Waals surface area contributed by atoms with Crippen LogP contribution in [-0.2, 0) is 17.7 Å². The van der Waals surface area contributed by atoms with E-state index in [0.717, 1.165) is 18.5 Å². The summed E-state index contributed by atoms with van der Waals surface area (Å²) in [4.78, 5) is 12.1. The first-order valence-electron chi connectivity index (χ1n) is 8.78. The van der Waals surface area contributed by atoms with Crippen LogP contribution in [0.25, 0.3) is 0 Å². The first-order chi connectivity index (χ1) is 13.4. The molecule has 0 heterocycles. The third-order valence-corrected chi connectivity index (χ3v) is 5.74. The molecule has 0 saturated carbocycles. The molecule has 28 heavy (non-hydrogen) atoms. The van der Waals surface area contributed by atoms with Gasteiger partial charge in [0.05, 0.1) is 15.7 Å². The Kier molecular flexibility index (Phi) is 9.21. The summed E-state index contributed by atoms with van der Waals surface area (Å²) < 4.78 is 22.8. The third kappa shape index (κ3) is 6.46. The summed E-state index contributed by atoms with van der Waals surface area (Å²) in [6.07, 6.45) is 1.28. The van der Waals surface area contributed by atoms with Gasteiger partial charge in [0.25, 0.3) is 17.2 Å². The molecule has 0 fully saturated rings. The van der Waals surface area contributed by atoms with E-state index < -0.39 is 11.3 Å². The molecule has 2 aromatic rings. The zero-order valence-electron chi connectivity index (χ0n) is 15.5. The minimum Gasteiger partial charge on any atom is -0.352 e. The Bertz CT molecular complexity index is 819. The molecule has 6 nitrogen and oxygen atoms in total. The number of amides is 1. The second-order valence-corrected chi connectivity index (χ2v) is 7.74. The lowest BCUT2D eigenvalue weighted by atomic mass is 10.1. The summed E-state index contributed by atoms with van der Waals surface area (Å²) >= 11 is 9.98. The van der Waals surface area contributed by atoms with Gasteiger partial charge in [0.1, 0.15) is 0 Å². The number of hydrogen-bond acceptors (Lipinski definition) is 3. The lowest BCUT2D eigenvalue weighted by molar-refractivity contribution is 0.0953. The minimum absolute atomic E-state index is 0.176. The molecule has 0 aliphatic carbocycles. The fraction of sp³-hybridized carbons (Fsp3) is 0.316. The molecule has 0 saturated heterocycles. The van der Waals surface area contributed by atoms with E-state index in [1.54, 1.807) is 36.4 Å². The minimum atomic E-state index is -2.21. The van der Waals surface area contributed by atoms with Gasteiger partial charge >= 0.3 is 0 Å². The summed E-state index contributed by atoms with van der Waals surface area (Å²) in [6.45, 7) is 1.67. The Morgan fingerprint density at radius 3 is 2.50 bits per heavy atom. The van der Waals surface area contributed by atoms with Crippen molar-refractivity contribution in [3.63, 3.8) is 0 Å². The molecule has 0 bridgehead atoms. The third-order valence-electron chi connectivity index (χ3n) is 4.11. The zero-order valence-corrected chi connectivity index (χ0v) is 17.8. The Labute approximate surface area is 177 Å². The van der Waals surface area contributed by atoms with E-state index in [4.69, 9.17) is 23.2 Å². The van der Waals surface area contributed by atoms with Crippen molar-refractivity contribution in [2.75, 3.05) is 31.0 Å². The van der Waals surface area contributed by atoms with Crippen LogP contribution in [0.5, 0.6) is 0 Å². The number of carbonyl (C=O) groups excluding carboxylic acids is 1. The molecule has 0 radical (unpaired) electrons. The van der Waals surface area contributed by atoms with Crippen LogP contribution in [0.4, 0.5) is 5.69 Å². The second kappa shape index (κ2) is 11.4. The molecule has 152 valence electrons. The highest BCUT2D eigenvalue weighted by Crippen LogP contribution is 2.26. The van der Waals surface area contributed by atoms with Gasteiger partial charge in [0, 0.05) is 18.7 Å². The van der Waals surface area contributed by atoms with Crippen molar-refractivity contribution >= 4 is 46.1 Å². The van der Waals surface area contributed by atoms with Crippen LogP contribution < -0.4 is 14.9 Å². The predicted octanol–water partition coefficient (Wildman–Crippen LogP) is 3.52. The smallest absolute Gasteiger partial charge is 0.261 e. The molecular weight excluding hydrogens is 421 g/mol. The van der Waals surface area contributed by atoms with Crippen molar-refractivity contribution in [1.82, 2.24) is 10.6 Å². The SMILES string of the molecule is CNCCCNC(=O)c1ccc(N(CCc2cccc(Cl)c2Cl)S(=O)O)cc1. The van der Waals surface area contributed by atoms with Crippen LogP contribution in [0.1, 0.15) is 22.3 Å². The highest BCUT2D eigenvalue weighted by atomic mass is 35.5. The average molecular weight is 444 g/mol. The Balaban J connectivity index is 2.02. The number of nitrogens with zero attached hydrogens (tertiary/aromatic N) is 1. The largest absolute Gasteiger partial charge is 0.352 e. The fourth-order valence-electron chi connectivity index (χ4n) is 2.61. The van der Waals surface area contributed by atoms with Gasteiger partial charge in [-0.05, 0) is 62.3 Å². The molecule has 9 heteroatoms. The number of nitrogens with one attached hydrogen (secondary N) is 2. The van der Waals surface area contributed by atoms with Crippen molar-refractivity contribution < 1.29 is 13.6 Å². The summed E-state index contributed by atoms with van der Waals surface area (Å²) in [6, 6.07) is 11.9. The monoisotopic (exact) mass is 443 g/mol. The van der Waals surface area contributed by atoms with E-state index in [2.05, 4.69) is 10.6 Å². The van der Waals surface area contributed by atoms with Crippen LogP contribution in [-0.4, -0.2) is 41.4 Å². The molecule has 1 unspecified atom stereocenters. The maximum atomic E-state index is 12.1. The van der Waals surface area contributed by atoms with Gasteiger partial charge in [-0.25, -0.2) is 4.21 Å². The Hall–Kier alpha value is -1.64. The Morgan fingerprint density at radius 2 is 1.86 bits per heavy atom. The van der Waals surface area contributed by atoms with Crippen molar-refractivity contribution in [3.8, 4) is 0 Å². The van der Waals surface area contributed by atoms with E-state index >= 15 is 0 Å². The number of carbonyl (C=O) groups is 1. The standard InChI is InChI=1S/C19H23Cl2N3O3S/c1-22-11-3-12-23-19(25)15-6-8-16(9-7-15)24(28(26)27)13-10-14-4-2-5-17(20)18(14)21/h2,4-9,22H,3,10-13H2,1H3,(H,23,25)(H,26,27). The number of rotatable bonds is 10. The molecule has 3 N–H and O–H groups in total. The highest BCUT2D eigenvalue weighted by molar-refractivity contribution is 7.80. The van der Waals surface area contributed by atoms with Gasteiger partial charge in [-0.1, -0.05) is 35.3 Å². The first kappa shape index (κ1) is 22.6. The lowest BCUT2D eigenvalue weighted by Crippen LogP contribution is -2.28. The summed E-state index contributed by atoms with van der Waals surface area (Å²) in [5.41, 5.74) is 1.82. The van der Waals surface area contributed by atoms with Crippen LogP contribution in [0, 0.1) is 0 Å². The molecule has 1 atom stereocenters. The topological polar surface area (TPSA) is 81.7 Å². The molecule has 0 spiro atoms. The summed E-state index contributed by atoms with van der Waals surface area (Å²) in [5.74, 6) is -0.176. The van der Waals surface area contributed by atoms with E-state index in [9.17, 15) is 13.6 Å². The normalized spacial score (nSPS) is 11.9. The molecule has 2 aromatic carbocycles. The van der Waals surface area contributed by atoms with Crippen LogP contribution in [0.15, 0.2) is 42.5 Å². The molecule has 0 aliphatic rings. The molecule has 2 rings (SSSR count). The van der Waals surface area contributed by atoms with Crippen LogP contribution in [0.2, 0.25) is 10.0 Å². The highest BCUT2D eigenvalue weighted by Gasteiger charge is 2.15. The van der Waals surface area contributed by atoms with Crippen molar-refractivity contribution in [3.05, 3.63) is 63.6 Å². The van der Waals surface area contributed by atoms with E-state index in [-0.39, 0.29) is 12.5 Å². The molecule has 0 aromatic heterocycles. The fourth-order valence-corrected chi connectivity index (χ4v) is 3.57. The van der Waals surface area contributed by atoms with Crippen molar-refractivity contribution in [2.45, 2.75) is 12.8 Å². The van der Waals surface area contributed by atoms with Crippen molar-refractivity contribution in [1.29, 1.82) is 0 Å². The average Bonchev–Trinajstić information content (AvgIpc) is 2.68. The van der Waals surface area contributed by atoms with Crippen LogP contribution >= 0.6 is 23.2 Å². The number of benzene rings is 2. The van der Waals surface area contributed by atoms with E-state index in [0.29, 0.717) is 34.3 Å². The molecular formula is C19H23Cl2N3O3S. The van der Waals surface area contributed by atoms with Crippen LogP contribution in [0.3, 0.4) is 0 Å². The lowest BCUT2D eigenvalue weighted by Gasteiger charge is -2.20. The van der Waals surface area contributed by atoms with Gasteiger partial charge in [-0.3, -0.25) is 13.7 Å². The van der Waals surface area contributed by atoms with E-state index in [1.165, 1.54) is 4.31 Å². The summed E-state index contributed by atoms with van der Waals surface area (Å²) in [7, 11) is 1.86. The van der Waals surface area contributed by atoms with Gasteiger partial charge in [0.15, 0.2) is 0 Å². The van der Waals surface area contributed by atoms with Crippen molar-refractivity contribution in [2.24, 2.45) is 0 Å². The molecule has 0 aliphatic heterocycles. The number of halogens is 2. The first-order valence-corrected chi connectivity index (χ1v) is 10.6. The molecule has 1 amide bonds. The maximum Gasteiger partial charge on any atom is 0.261 e. The van der Waals surface area contributed by atoms with Gasteiger partial charge in [-0.2, -0.15) is 0 Å². The number of hydrogen-bond donors (Lipinski definition) is 3. The Morgan fingerprint density at radius 1 is 1.14 bits per heavy atom. The second-order valence-electron chi connectivity index (χ2n) is 6.06.